The maximum absolute atomic E-state index is 5.27. The fourth-order valence-electron chi connectivity index (χ4n) is 4.53. The highest BCUT2D eigenvalue weighted by Crippen LogP contribution is 2.39. The Bertz CT molecular complexity index is 511. The van der Waals surface area contributed by atoms with Gasteiger partial charge in [0.15, 0.2) is 0 Å². The van der Waals surface area contributed by atoms with E-state index in [1.165, 1.54) is 37.7 Å². The molecule has 2 rings (SSSR count). The van der Waals surface area contributed by atoms with Gasteiger partial charge >= 0.3 is 0 Å². The second kappa shape index (κ2) is 9.27. The lowest BCUT2D eigenvalue weighted by molar-refractivity contribution is 0.188. The molecule has 1 fully saturated rings. The van der Waals surface area contributed by atoms with Gasteiger partial charge in [-0.15, -0.1) is 0 Å². The monoisotopic (exact) mass is 329 g/mol. The molecule has 0 amide bonds. The lowest BCUT2D eigenvalue weighted by Gasteiger charge is -2.36. The van der Waals surface area contributed by atoms with Crippen LogP contribution in [0.5, 0.6) is 5.75 Å². The van der Waals surface area contributed by atoms with Crippen LogP contribution < -0.4 is 4.74 Å². The van der Waals surface area contributed by atoms with Crippen molar-refractivity contribution in [3.05, 3.63) is 35.4 Å². The second-order valence-corrected chi connectivity index (χ2v) is 7.82. The molecule has 1 saturated carbocycles. The van der Waals surface area contributed by atoms with Gasteiger partial charge in [0, 0.05) is 6.54 Å². The highest BCUT2D eigenvalue weighted by molar-refractivity contribution is 5.54. The predicted molar refractivity (Wildman–Crippen MR) is 104 cm³/mol. The van der Waals surface area contributed by atoms with Gasteiger partial charge in [0.1, 0.15) is 5.75 Å². The zero-order valence-corrected chi connectivity index (χ0v) is 16.2. The van der Waals surface area contributed by atoms with Crippen LogP contribution in [-0.2, 0) is 0 Å². The van der Waals surface area contributed by atoms with Gasteiger partial charge in [-0.25, -0.2) is 0 Å². The summed E-state index contributed by atoms with van der Waals surface area (Å²) < 4.78 is 5.27. The SMILES string of the molecule is COc1ccc(C=C(C)C(C(C)CN(C)C)C2CCCCC2)cc1. The summed E-state index contributed by atoms with van der Waals surface area (Å²) in [6, 6.07) is 8.43. The van der Waals surface area contributed by atoms with Crippen molar-refractivity contribution in [3.63, 3.8) is 0 Å². The summed E-state index contributed by atoms with van der Waals surface area (Å²) in [6.07, 6.45) is 9.43. The number of hydrogen-bond acceptors (Lipinski definition) is 2. The van der Waals surface area contributed by atoms with Gasteiger partial charge in [-0.1, -0.05) is 50.0 Å². The van der Waals surface area contributed by atoms with Gasteiger partial charge in [0.2, 0.25) is 0 Å². The summed E-state index contributed by atoms with van der Waals surface area (Å²) in [7, 11) is 6.10. The van der Waals surface area contributed by atoms with Crippen molar-refractivity contribution >= 4 is 6.08 Å². The third kappa shape index (κ3) is 5.37. The number of allylic oxidation sites excluding steroid dienone is 1. The molecular weight excluding hydrogens is 294 g/mol. The Balaban J connectivity index is 2.20. The minimum absolute atomic E-state index is 0.690. The van der Waals surface area contributed by atoms with Gasteiger partial charge in [0.05, 0.1) is 7.11 Å². The number of methoxy groups -OCH3 is 1. The molecule has 0 radical (unpaired) electrons. The van der Waals surface area contributed by atoms with Gasteiger partial charge in [-0.05, 0) is 69.3 Å². The number of rotatable bonds is 7. The van der Waals surface area contributed by atoms with E-state index in [1.54, 1.807) is 12.7 Å². The molecule has 2 heteroatoms. The standard InChI is InChI=1S/C22H35NO/c1-17(15-19-11-13-21(24-5)14-12-19)22(18(2)16-23(3)4)20-9-7-6-8-10-20/h11-15,18,20,22H,6-10,16H2,1-5H3. The van der Waals surface area contributed by atoms with E-state index >= 15 is 0 Å². The van der Waals surface area contributed by atoms with Crippen LogP contribution in [0.1, 0.15) is 51.5 Å². The Morgan fingerprint density at radius 1 is 1.17 bits per heavy atom. The maximum atomic E-state index is 5.27. The maximum Gasteiger partial charge on any atom is 0.118 e. The number of hydrogen-bond donors (Lipinski definition) is 0. The zero-order valence-electron chi connectivity index (χ0n) is 16.2. The Morgan fingerprint density at radius 3 is 2.33 bits per heavy atom. The van der Waals surface area contributed by atoms with E-state index < -0.39 is 0 Å². The highest BCUT2D eigenvalue weighted by Gasteiger charge is 2.29. The van der Waals surface area contributed by atoms with Crippen molar-refractivity contribution in [1.29, 1.82) is 0 Å². The molecule has 24 heavy (non-hydrogen) atoms. The second-order valence-electron chi connectivity index (χ2n) is 7.82. The van der Waals surface area contributed by atoms with Crippen LogP contribution in [0.25, 0.3) is 6.08 Å². The van der Waals surface area contributed by atoms with E-state index in [1.807, 2.05) is 0 Å². The van der Waals surface area contributed by atoms with Crippen molar-refractivity contribution in [1.82, 2.24) is 4.90 Å². The predicted octanol–water partition coefficient (Wildman–Crippen LogP) is 5.49. The molecule has 2 atom stereocenters. The van der Waals surface area contributed by atoms with Gasteiger partial charge < -0.3 is 9.64 Å². The van der Waals surface area contributed by atoms with Crippen LogP contribution >= 0.6 is 0 Å². The molecule has 2 unspecified atom stereocenters. The molecular formula is C22H35NO. The number of benzene rings is 1. The van der Waals surface area contributed by atoms with E-state index in [0.717, 1.165) is 18.2 Å². The van der Waals surface area contributed by atoms with Gasteiger partial charge in [-0.2, -0.15) is 0 Å². The minimum Gasteiger partial charge on any atom is -0.497 e. The summed E-state index contributed by atoms with van der Waals surface area (Å²) in [5.41, 5.74) is 2.83. The molecule has 1 aromatic carbocycles. The minimum atomic E-state index is 0.690. The Morgan fingerprint density at radius 2 is 1.79 bits per heavy atom. The van der Waals surface area contributed by atoms with Crippen LogP contribution in [0.15, 0.2) is 29.8 Å². The molecule has 0 N–H and O–H groups in total. The normalized spacial score (nSPS) is 19.3. The first-order valence-corrected chi connectivity index (χ1v) is 9.48. The molecule has 0 aromatic heterocycles. The Kier molecular flexibility index (Phi) is 7.36. The highest BCUT2D eigenvalue weighted by atomic mass is 16.5. The first-order chi connectivity index (χ1) is 11.5. The molecule has 1 aromatic rings. The third-order valence-corrected chi connectivity index (χ3v) is 5.46. The quantitative estimate of drug-likeness (QED) is 0.655. The average molecular weight is 330 g/mol. The van der Waals surface area contributed by atoms with Crippen LogP contribution in [-0.4, -0.2) is 32.6 Å². The lowest BCUT2D eigenvalue weighted by Crippen LogP contribution is -2.31. The van der Waals surface area contributed by atoms with Crippen LogP contribution in [0.4, 0.5) is 0 Å². The van der Waals surface area contributed by atoms with E-state index in [-0.39, 0.29) is 0 Å². The van der Waals surface area contributed by atoms with E-state index in [0.29, 0.717) is 11.8 Å². The van der Waals surface area contributed by atoms with Crippen molar-refractivity contribution < 1.29 is 4.74 Å². The Labute approximate surface area is 148 Å². The molecule has 2 nitrogen and oxygen atoms in total. The summed E-state index contributed by atoms with van der Waals surface area (Å²) in [4.78, 5) is 2.33. The molecule has 0 bridgehead atoms. The van der Waals surface area contributed by atoms with Crippen molar-refractivity contribution in [2.75, 3.05) is 27.7 Å². The lowest BCUT2D eigenvalue weighted by atomic mass is 9.71. The zero-order chi connectivity index (χ0) is 17.5. The first-order valence-electron chi connectivity index (χ1n) is 9.48. The van der Waals surface area contributed by atoms with E-state index in [9.17, 15) is 0 Å². The van der Waals surface area contributed by atoms with Crippen LogP contribution in [0.2, 0.25) is 0 Å². The Hall–Kier alpha value is -1.28. The topological polar surface area (TPSA) is 12.5 Å². The summed E-state index contributed by atoms with van der Waals surface area (Å²) in [5, 5.41) is 0. The molecule has 1 aliphatic carbocycles. The summed E-state index contributed by atoms with van der Waals surface area (Å²) >= 11 is 0. The number of ether oxygens (including phenoxy) is 1. The van der Waals surface area contributed by atoms with Crippen molar-refractivity contribution in [2.45, 2.75) is 46.0 Å². The summed E-state index contributed by atoms with van der Waals surface area (Å²) in [6.45, 7) is 5.94. The smallest absolute Gasteiger partial charge is 0.118 e. The average Bonchev–Trinajstić information content (AvgIpc) is 2.56. The molecule has 0 heterocycles. The molecule has 134 valence electrons. The summed E-state index contributed by atoms with van der Waals surface area (Å²) in [5.74, 6) is 3.16. The molecule has 1 aliphatic rings. The third-order valence-electron chi connectivity index (χ3n) is 5.46. The van der Waals surface area contributed by atoms with Crippen molar-refractivity contribution in [2.24, 2.45) is 17.8 Å². The van der Waals surface area contributed by atoms with Gasteiger partial charge in [-0.3, -0.25) is 0 Å². The first kappa shape index (κ1) is 19.1. The largest absolute Gasteiger partial charge is 0.497 e. The van der Waals surface area contributed by atoms with Crippen LogP contribution in [0, 0.1) is 17.8 Å². The molecule has 0 spiro atoms. The van der Waals surface area contributed by atoms with Crippen LogP contribution in [0.3, 0.4) is 0 Å². The van der Waals surface area contributed by atoms with E-state index in [4.69, 9.17) is 4.74 Å². The van der Waals surface area contributed by atoms with E-state index in [2.05, 4.69) is 63.2 Å². The van der Waals surface area contributed by atoms with Crippen molar-refractivity contribution in [3.8, 4) is 5.75 Å². The van der Waals surface area contributed by atoms with Gasteiger partial charge in [0.25, 0.3) is 0 Å². The molecule has 0 saturated heterocycles. The fourth-order valence-corrected chi connectivity index (χ4v) is 4.53. The molecule has 0 aliphatic heterocycles. The number of nitrogens with zero attached hydrogens (tertiary/aromatic N) is 1. The fraction of sp³-hybridized carbons (Fsp3) is 0.636.